The lowest BCUT2D eigenvalue weighted by molar-refractivity contribution is 0.575. The summed E-state index contributed by atoms with van der Waals surface area (Å²) in [4.78, 5) is 0. The second-order valence-corrected chi connectivity index (χ2v) is 6.89. The molecule has 0 spiro atoms. The minimum atomic E-state index is 0.516. The summed E-state index contributed by atoms with van der Waals surface area (Å²) in [5, 5.41) is 3.70. The maximum Gasteiger partial charge on any atom is 0.0210 e. The predicted molar refractivity (Wildman–Crippen MR) is 92.8 cm³/mol. The van der Waals surface area contributed by atoms with Gasteiger partial charge in [0.25, 0.3) is 0 Å². The number of hydrogen-bond acceptors (Lipinski definition) is 1. The normalized spacial score (nSPS) is 15.9. The summed E-state index contributed by atoms with van der Waals surface area (Å²) in [5.41, 5.74) is 4.26. The summed E-state index contributed by atoms with van der Waals surface area (Å²) in [7, 11) is 0. The van der Waals surface area contributed by atoms with E-state index in [4.69, 9.17) is 0 Å². The molecular formula is C19H22BrN. The van der Waals surface area contributed by atoms with Gasteiger partial charge in [0.05, 0.1) is 0 Å². The number of halogens is 1. The highest BCUT2D eigenvalue weighted by atomic mass is 79.9. The molecule has 0 radical (unpaired) electrons. The number of nitrogens with one attached hydrogen (secondary N) is 1. The van der Waals surface area contributed by atoms with Crippen LogP contribution >= 0.6 is 15.9 Å². The van der Waals surface area contributed by atoms with E-state index in [-0.39, 0.29) is 0 Å². The highest BCUT2D eigenvalue weighted by Crippen LogP contribution is 2.29. The molecular weight excluding hydrogens is 322 g/mol. The molecule has 1 saturated carbocycles. The third-order valence-corrected chi connectivity index (χ3v) is 5.03. The van der Waals surface area contributed by atoms with E-state index in [0.717, 1.165) is 19.0 Å². The first kappa shape index (κ1) is 14.8. The number of rotatable bonds is 6. The summed E-state index contributed by atoms with van der Waals surface area (Å²) < 4.78 is 1.22. The lowest BCUT2D eigenvalue weighted by Gasteiger charge is -2.20. The molecule has 1 unspecified atom stereocenters. The summed E-state index contributed by atoms with van der Waals surface area (Å²) in [6, 6.07) is 18.1. The van der Waals surface area contributed by atoms with Crippen molar-refractivity contribution in [3.05, 3.63) is 69.7 Å². The fourth-order valence-corrected chi connectivity index (χ4v) is 3.41. The van der Waals surface area contributed by atoms with E-state index in [2.05, 4.69) is 76.7 Å². The Morgan fingerprint density at radius 1 is 1.10 bits per heavy atom. The summed E-state index contributed by atoms with van der Waals surface area (Å²) in [6.07, 6.45) is 3.77. The van der Waals surface area contributed by atoms with Crippen LogP contribution in [0.3, 0.4) is 0 Å². The van der Waals surface area contributed by atoms with Gasteiger partial charge in [-0.2, -0.15) is 0 Å². The van der Waals surface area contributed by atoms with Crippen LogP contribution in [0.15, 0.2) is 53.0 Å². The zero-order valence-electron chi connectivity index (χ0n) is 12.5. The third kappa shape index (κ3) is 3.96. The Morgan fingerprint density at radius 3 is 2.52 bits per heavy atom. The minimum absolute atomic E-state index is 0.516. The molecule has 0 amide bonds. The Morgan fingerprint density at radius 2 is 1.81 bits per heavy atom. The molecule has 1 atom stereocenters. The lowest BCUT2D eigenvalue weighted by atomic mass is 9.90. The fraction of sp³-hybridized carbons (Fsp3) is 0.368. The zero-order valence-corrected chi connectivity index (χ0v) is 14.1. The van der Waals surface area contributed by atoms with Gasteiger partial charge in [-0.1, -0.05) is 58.4 Å². The molecule has 1 aliphatic rings. The first-order valence-corrected chi connectivity index (χ1v) is 8.55. The second kappa shape index (κ2) is 6.76. The van der Waals surface area contributed by atoms with Gasteiger partial charge < -0.3 is 5.32 Å². The van der Waals surface area contributed by atoms with E-state index in [0.29, 0.717) is 5.92 Å². The quantitative estimate of drug-likeness (QED) is 0.791. The summed E-state index contributed by atoms with van der Waals surface area (Å²) >= 11 is 3.72. The van der Waals surface area contributed by atoms with Gasteiger partial charge in [0.2, 0.25) is 0 Å². The van der Waals surface area contributed by atoms with Gasteiger partial charge in [0.1, 0.15) is 0 Å². The van der Waals surface area contributed by atoms with Crippen LogP contribution in [0.2, 0.25) is 0 Å². The van der Waals surface area contributed by atoms with Gasteiger partial charge in [0.15, 0.2) is 0 Å². The van der Waals surface area contributed by atoms with Crippen molar-refractivity contribution in [2.75, 3.05) is 6.54 Å². The van der Waals surface area contributed by atoms with E-state index in [1.165, 1.54) is 34.0 Å². The molecule has 2 aromatic carbocycles. The molecule has 0 aromatic heterocycles. The number of benzene rings is 2. The highest BCUT2D eigenvalue weighted by Gasteiger charge is 2.23. The van der Waals surface area contributed by atoms with Crippen molar-refractivity contribution in [2.24, 2.45) is 0 Å². The van der Waals surface area contributed by atoms with Crippen molar-refractivity contribution in [2.45, 2.75) is 38.1 Å². The van der Waals surface area contributed by atoms with Gasteiger partial charge in [-0.25, -0.2) is 0 Å². The van der Waals surface area contributed by atoms with E-state index in [1.54, 1.807) is 0 Å². The van der Waals surface area contributed by atoms with Gasteiger partial charge >= 0.3 is 0 Å². The topological polar surface area (TPSA) is 12.0 Å². The van der Waals surface area contributed by atoms with Gasteiger partial charge in [-0.3, -0.25) is 0 Å². The van der Waals surface area contributed by atoms with Crippen LogP contribution in [0.1, 0.15) is 35.4 Å². The molecule has 1 aliphatic carbocycles. The maximum atomic E-state index is 3.72. The molecule has 0 bridgehead atoms. The molecule has 1 nitrogen and oxygen atoms in total. The Balaban J connectivity index is 1.81. The Bertz CT molecular complexity index is 604. The zero-order chi connectivity index (χ0) is 14.7. The molecule has 1 fully saturated rings. The van der Waals surface area contributed by atoms with E-state index in [1.807, 2.05) is 0 Å². The average molecular weight is 344 g/mol. The van der Waals surface area contributed by atoms with E-state index < -0.39 is 0 Å². The van der Waals surface area contributed by atoms with Gasteiger partial charge in [0, 0.05) is 23.0 Å². The van der Waals surface area contributed by atoms with E-state index in [9.17, 15) is 0 Å². The van der Waals surface area contributed by atoms with Crippen molar-refractivity contribution >= 4 is 15.9 Å². The molecule has 2 aromatic rings. The van der Waals surface area contributed by atoms with Gasteiger partial charge in [-0.05, 0) is 48.9 Å². The largest absolute Gasteiger partial charge is 0.313 e. The standard InChI is InChI=1S/C19H22BrN/c1-14-6-2-3-7-15(14)12-16(13-21-17-10-11-17)18-8-4-5-9-19(18)20/h2-9,16-17,21H,10-13H2,1H3. The number of aryl methyl sites for hydroxylation is 1. The Hall–Kier alpha value is -1.12. The fourth-order valence-electron chi connectivity index (χ4n) is 2.80. The van der Waals surface area contributed by atoms with Crippen LogP contribution in [0.5, 0.6) is 0 Å². The van der Waals surface area contributed by atoms with Crippen molar-refractivity contribution in [1.29, 1.82) is 0 Å². The summed E-state index contributed by atoms with van der Waals surface area (Å²) in [5.74, 6) is 0.516. The smallest absolute Gasteiger partial charge is 0.0210 e. The van der Waals surface area contributed by atoms with Crippen molar-refractivity contribution < 1.29 is 0 Å². The molecule has 21 heavy (non-hydrogen) atoms. The first-order valence-electron chi connectivity index (χ1n) is 7.76. The third-order valence-electron chi connectivity index (χ3n) is 4.30. The lowest BCUT2D eigenvalue weighted by Crippen LogP contribution is -2.25. The van der Waals surface area contributed by atoms with Crippen LogP contribution in [0, 0.1) is 6.92 Å². The van der Waals surface area contributed by atoms with Crippen molar-refractivity contribution in [3.63, 3.8) is 0 Å². The Kier molecular flexibility index (Phi) is 4.77. The first-order chi connectivity index (χ1) is 10.2. The number of hydrogen-bond donors (Lipinski definition) is 1. The highest BCUT2D eigenvalue weighted by molar-refractivity contribution is 9.10. The van der Waals surface area contributed by atoms with Crippen LogP contribution in [-0.4, -0.2) is 12.6 Å². The molecule has 1 N–H and O–H groups in total. The average Bonchev–Trinajstić information content (AvgIpc) is 3.30. The molecule has 0 saturated heterocycles. The molecule has 0 heterocycles. The van der Waals surface area contributed by atoms with Crippen LogP contribution in [0.25, 0.3) is 0 Å². The summed E-state index contributed by atoms with van der Waals surface area (Å²) in [6.45, 7) is 3.27. The van der Waals surface area contributed by atoms with Crippen molar-refractivity contribution in [1.82, 2.24) is 5.32 Å². The maximum absolute atomic E-state index is 3.72. The Labute approximate surface area is 135 Å². The van der Waals surface area contributed by atoms with Crippen LogP contribution in [-0.2, 0) is 6.42 Å². The van der Waals surface area contributed by atoms with Crippen LogP contribution in [0.4, 0.5) is 0 Å². The second-order valence-electron chi connectivity index (χ2n) is 6.03. The van der Waals surface area contributed by atoms with Crippen LogP contribution < -0.4 is 5.32 Å². The predicted octanol–water partition coefficient (Wildman–Crippen LogP) is 4.84. The molecule has 0 aliphatic heterocycles. The monoisotopic (exact) mass is 343 g/mol. The molecule has 3 rings (SSSR count). The molecule has 2 heteroatoms. The van der Waals surface area contributed by atoms with Crippen molar-refractivity contribution in [3.8, 4) is 0 Å². The molecule has 110 valence electrons. The SMILES string of the molecule is Cc1ccccc1CC(CNC1CC1)c1ccccc1Br. The van der Waals surface area contributed by atoms with E-state index >= 15 is 0 Å². The van der Waals surface area contributed by atoms with Gasteiger partial charge in [-0.15, -0.1) is 0 Å². The minimum Gasteiger partial charge on any atom is -0.313 e.